The zero-order valence-electron chi connectivity index (χ0n) is 11.9. The average Bonchev–Trinajstić information content (AvgIpc) is 2.54. The third-order valence-corrected chi connectivity index (χ3v) is 4.21. The van der Waals surface area contributed by atoms with Gasteiger partial charge in [0.05, 0.1) is 6.61 Å². The van der Waals surface area contributed by atoms with Crippen LogP contribution < -0.4 is 0 Å². The van der Waals surface area contributed by atoms with Gasteiger partial charge in [0.15, 0.2) is 6.29 Å². The summed E-state index contributed by atoms with van der Waals surface area (Å²) in [4.78, 5) is 0. The van der Waals surface area contributed by atoms with Crippen molar-refractivity contribution in [2.75, 3.05) is 6.61 Å². The molecule has 1 aliphatic heterocycles. The summed E-state index contributed by atoms with van der Waals surface area (Å²) in [5.74, 6) is 0. The highest BCUT2D eigenvalue weighted by Crippen LogP contribution is 2.29. The van der Waals surface area contributed by atoms with Crippen molar-refractivity contribution < 1.29 is 55.4 Å². The summed E-state index contributed by atoms with van der Waals surface area (Å²) in [6, 6.07) is 0. The van der Waals surface area contributed by atoms with Gasteiger partial charge < -0.3 is 55.4 Å². The van der Waals surface area contributed by atoms with Crippen molar-refractivity contribution >= 4 is 0 Å². The molecule has 2 rings (SSSR count). The van der Waals surface area contributed by atoms with Crippen LogP contribution in [0.25, 0.3) is 0 Å². The molecule has 9 atom stereocenters. The molecular weight excluding hydrogens is 320 g/mol. The van der Waals surface area contributed by atoms with Gasteiger partial charge >= 0.3 is 0 Å². The molecule has 136 valence electrons. The van der Waals surface area contributed by atoms with E-state index in [1.807, 2.05) is 0 Å². The van der Waals surface area contributed by atoms with Crippen molar-refractivity contribution in [3.8, 4) is 0 Å². The van der Waals surface area contributed by atoms with Gasteiger partial charge in [-0.05, 0) is 0 Å². The first-order chi connectivity index (χ1) is 10.7. The lowest BCUT2D eigenvalue weighted by Crippen LogP contribution is -2.67. The smallest absolute Gasteiger partial charge is 0.187 e. The fourth-order valence-electron chi connectivity index (χ4n) is 2.69. The monoisotopic (exact) mass is 342 g/mol. The van der Waals surface area contributed by atoms with E-state index in [0.717, 1.165) is 0 Å². The van der Waals surface area contributed by atoms with Gasteiger partial charge in [0.25, 0.3) is 0 Å². The van der Waals surface area contributed by atoms with Crippen molar-refractivity contribution in [1.29, 1.82) is 0 Å². The van der Waals surface area contributed by atoms with Gasteiger partial charge in [-0.3, -0.25) is 0 Å². The van der Waals surface area contributed by atoms with Crippen LogP contribution in [0.3, 0.4) is 0 Å². The fraction of sp³-hybridized carbons (Fsp3) is 1.00. The summed E-state index contributed by atoms with van der Waals surface area (Å²) in [6.07, 6.45) is -18.9. The molecule has 0 bridgehead atoms. The van der Waals surface area contributed by atoms with Gasteiger partial charge in [-0.1, -0.05) is 0 Å². The van der Waals surface area contributed by atoms with Crippen molar-refractivity contribution in [3.05, 3.63) is 0 Å². The molecular formula is C12H22O11. The lowest BCUT2D eigenvalue weighted by molar-refractivity contribution is -0.339. The Kier molecular flexibility index (Phi) is 5.92. The number of aliphatic hydroxyl groups excluding tert-OH is 9. The second-order valence-corrected chi connectivity index (χ2v) is 5.75. The molecule has 0 unspecified atom stereocenters. The van der Waals surface area contributed by atoms with E-state index in [1.54, 1.807) is 0 Å². The van der Waals surface area contributed by atoms with Crippen molar-refractivity contribution in [1.82, 2.24) is 0 Å². The Labute approximate surface area is 130 Å². The molecule has 1 saturated heterocycles. The Morgan fingerprint density at radius 1 is 0.609 bits per heavy atom. The van der Waals surface area contributed by atoms with Crippen LogP contribution in [0.4, 0.5) is 0 Å². The molecule has 1 aliphatic carbocycles. The Hall–Kier alpha value is -0.440. The zero-order chi connectivity index (χ0) is 17.5. The highest BCUT2D eigenvalue weighted by atomic mass is 16.7. The summed E-state index contributed by atoms with van der Waals surface area (Å²) in [6.45, 7) is -0.704. The normalized spacial score (nSPS) is 54.9. The first-order valence-electron chi connectivity index (χ1n) is 7.07. The van der Waals surface area contributed by atoms with Crippen LogP contribution in [-0.4, -0.2) is 120 Å². The van der Waals surface area contributed by atoms with Gasteiger partial charge in [0.1, 0.15) is 61.0 Å². The molecule has 11 nitrogen and oxygen atoms in total. The predicted molar refractivity (Wildman–Crippen MR) is 68.7 cm³/mol. The summed E-state index contributed by atoms with van der Waals surface area (Å²) >= 11 is 0. The molecule has 1 heterocycles. The first-order valence-corrected chi connectivity index (χ1v) is 7.07. The number of hydrogen-bond donors (Lipinski definition) is 9. The molecule has 0 aromatic carbocycles. The lowest BCUT2D eigenvalue weighted by Gasteiger charge is -2.45. The molecule has 0 aromatic rings. The van der Waals surface area contributed by atoms with E-state index in [0.29, 0.717) is 0 Å². The summed E-state index contributed by atoms with van der Waals surface area (Å²) < 4.78 is 10.2. The van der Waals surface area contributed by atoms with E-state index in [1.165, 1.54) is 0 Å². The van der Waals surface area contributed by atoms with Gasteiger partial charge in [-0.2, -0.15) is 0 Å². The van der Waals surface area contributed by atoms with Crippen LogP contribution in [0.5, 0.6) is 0 Å². The van der Waals surface area contributed by atoms with Gasteiger partial charge in [-0.15, -0.1) is 0 Å². The average molecular weight is 342 g/mol. The Balaban J connectivity index is 2.13. The molecule has 9 N–H and O–H groups in total. The third-order valence-electron chi connectivity index (χ3n) is 4.21. The minimum atomic E-state index is -1.83. The predicted octanol–water partition coefficient (Wildman–Crippen LogP) is -6.01. The Bertz CT molecular complexity index is 377. The molecule has 23 heavy (non-hydrogen) atoms. The topological polar surface area (TPSA) is 201 Å². The summed E-state index contributed by atoms with van der Waals surface area (Å²) in [7, 11) is 0. The fourth-order valence-corrected chi connectivity index (χ4v) is 2.69. The van der Waals surface area contributed by atoms with E-state index in [4.69, 9.17) is 14.6 Å². The van der Waals surface area contributed by atoms with E-state index in [9.17, 15) is 40.9 Å². The molecule has 2 fully saturated rings. The van der Waals surface area contributed by atoms with Crippen LogP contribution in [-0.2, 0) is 9.47 Å². The van der Waals surface area contributed by atoms with Crippen LogP contribution in [0.15, 0.2) is 0 Å². The molecule has 0 aromatic heterocycles. The maximum absolute atomic E-state index is 9.85. The first kappa shape index (κ1) is 18.9. The maximum atomic E-state index is 9.85. The van der Waals surface area contributed by atoms with Crippen molar-refractivity contribution in [2.45, 2.75) is 67.3 Å². The minimum absolute atomic E-state index is 0.704. The van der Waals surface area contributed by atoms with Crippen LogP contribution in [0.2, 0.25) is 0 Å². The van der Waals surface area contributed by atoms with Gasteiger partial charge in [0.2, 0.25) is 0 Å². The van der Waals surface area contributed by atoms with E-state index >= 15 is 0 Å². The van der Waals surface area contributed by atoms with E-state index in [2.05, 4.69) is 0 Å². The standard InChI is InChI=1S/C12H22O11/c13-1-2-3(14)4(15)10(21)12(22-2)23-11-8(19)6(17)5(16)7(18)9(11)20/h2-21H,1H2/t2-,3+,4+,5?,6-,7-,8+,9+,10+,11?,12-/m0/s1. The van der Waals surface area contributed by atoms with Crippen LogP contribution in [0.1, 0.15) is 0 Å². The van der Waals surface area contributed by atoms with Crippen molar-refractivity contribution in [2.24, 2.45) is 0 Å². The third kappa shape index (κ3) is 3.36. The van der Waals surface area contributed by atoms with E-state index < -0.39 is 73.9 Å². The van der Waals surface area contributed by atoms with Gasteiger partial charge in [0, 0.05) is 0 Å². The highest BCUT2D eigenvalue weighted by Gasteiger charge is 2.52. The number of hydrogen-bond acceptors (Lipinski definition) is 11. The van der Waals surface area contributed by atoms with Crippen molar-refractivity contribution in [3.63, 3.8) is 0 Å². The van der Waals surface area contributed by atoms with Gasteiger partial charge in [-0.25, -0.2) is 0 Å². The quantitative estimate of drug-likeness (QED) is 0.236. The summed E-state index contributed by atoms with van der Waals surface area (Å²) in [5.41, 5.74) is 0. The zero-order valence-corrected chi connectivity index (χ0v) is 11.9. The molecule has 0 radical (unpaired) electrons. The second-order valence-electron chi connectivity index (χ2n) is 5.75. The molecule has 0 amide bonds. The van der Waals surface area contributed by atoms with Crippen LogP contribution >= 0.6 is 0 Å². The molecule has 11 heteroatoms. The largest absolute Gasteiger partial charge is 0.394 e. The number of ether oxygens (including phenoxy) is 2. The minimum Gasteiger partial charge on any atom is -0.394 e. The number of rotatable bonds is 3. The summed E-state index contributed by atoms with van der Waals surface area (Å²) in [5, 5.41) is 86.6. The number of aliphatic hydroxyl groups is 9. The van der Waals surface area contributed by atoms with Crippen LogP contribution in [0, 0.1) is 0 Å². The van der Waals surface area contributed by atoms with E-state index in [-0.39, 0.29) is 0 Å². The Morgan fingerprint density at radius 3 is 1.52 bits per heavy atom. The Morgan fingerprint density at radius 2 is 1.04 bits per heavy atom. The molecule has 2 aliphatic rings. The molecule has 0 spiro atoms. The highest BCUT2D eigenvalue weighted by molar-refractivity contribution is 5.00. The molecule has 1 saturated carbocycles. The lowest BCUT2D eigenvalue weighted by atomic mass is 9.84. The second kappa shape index (κ2) is 7.21. The maximum Gasteiger partial charge on any atom is 0.187 e. The SMILES string of the molecule is OC[C@@H]1O[C@@H](OC2[C@H](O)[C@@H](O)C(O)[C@H](O)[C@H]2O)[C@H](O)[C@H](O)[C@@H]1O.